The van der Waals surface area contributed by atoms with Crippen LogP contribution in [0.3, 0.4) is 0 Å². The van der Waals surface area contributed by atoms with Crippen LogP contribution < -0.4 is 20.3 Å². The molecule has 0 fully saturated rings. The zero-order chi connectivity index (χ0) is 22.1. The van der Waals surface area contributed by atoms with Crippen LogP contribution in [0.1, 0.15) is 27.6 Å². The Hall–Kier alpha value is -3.44. The number of nitrogens with one attached hydrogen (secondary N) is 3. The van der Waals surface area contributed by atoms with Gasteiger partial charge in [-0.2, -0.15) is 0 Å². The zero-order valence-electron chi connectivity index (χ0n) is 16.3. The van der Waals surface area contributed by atoms with E-state index >= 15 is 0 Å². The molecule has 0 atom stereocenters. The van der Waals surface area contributed by atoms with Crippen molar-refractivity contribution < 1.29 is 32.3 Å². The Morgan fingerprint density at radius 3 is 2.30 bits per heavy atom. The first-order chi connectivity index (χ1) is 14.3. The van der Waals surface area contributed by atoms with Crippen molar-refractivity contribution in [2.75, 3.05) is 20.3 Å². The predicted octanol–water partition coefficient (Wildman–Crippen LogP) is 0.611. The molecule has 160 valence electrons. The van der Waals surface area contributed by atoms with Crippen LogP contribution in [0.4, 0.5) is 0 Å². The van der Waals surface area contributed by atoms with E-state index < -0.39 is 34.4 Å². The average Bonchev–Trinajstić information content (AvgIpc) is 2.75. The maximum absolute atomic E-state index is 12.1. The monoisotopic (exact) mass is 435 g/mol. The first-order valence-electron chi connectivity index (χ1n) is 8.77. The second-order valence-electron chi connectivity index (χ2n) is 5.84. The van der Waals surface area contributed by atoms with Crippen LogP contribution in [0, 0.1) is 0 Å². The van der Waals surface area contributed by atoms with Crippen LogP contribution in [0.25, 0.3) is 0 Å². The first kappa shape index (κ1) is 22.8. The van der Waals surface area contributed by atoms with E-state index in [1.165, 1.54) is 37.4 Å². The predicted molar refractivity (Wildman–Crippen MR) is 106 cm³/mol. The van der Waals surface area contributed by atoms with E-state index in [1.807, 2.05) is 0 Å². The van der Waals surface area contributed by atoms with Crippen molar-refractivity contribution in [3.63, 3.8) is 0 Å². The summed E-state index contributed by atoms with van der Waals surface area (Å²) in [7, 11) is -2.25. The molecule has 0 saturated heterocycles. The molecule has 2 aromatic rings. The highest BCUT2D eigenvalue weighted by atomic mass is 32.2. The van der Waals surface area contributed by atoms with Crippen molar-refractivity contribution in [1.82, 2.24) is 15.6 Å². The highest BCUT2D eigenvalue weighted by Gasteiger charge is 2.17. The lowest BCUT2D eigenvalue weighted by Crippen LogP contribution is -2.43. The molecule has 0 heterocycles. The standard InChI is InChI=1S/C19H21N3O7S/c1-3-20-30(26,27)16-6-4-5-14(11-16)19(25)29-12-17(23)21-22-18(24)13-7-9-15(28-2)10-8-13/h4-11,20H,3,12H2,1-2H3,(H,21,23)(H,22,24). The van der Waals surface area contributed by atoms with Crippen LogP contribution in [0.2, 0.25) is 0 Å². The minimum atomic E-state index is -3.74. The number of carbonyl (C=O) groups excluding carboxylic acids is 3. The summed E-state index contributed by atoms with van der Waals surface area (Å²) in [6, 6.07) is 11.4. The number of esters is 1. The molecule has 2 amide bonds. The molecule has 0 saturated carbocycles. The van der Waals surface area contributed by atoms with E-state index in [0.717, 1.165) is 6.07 Å². The van der Waals surface area contributed by atoms with Gasteiger partial charge in [0.1, 0.15) is 5.75 Å². The summed E-state index contributed by atoms with van der Waals surface area (Å²) in [6.45, 7) is 1.15. The molecule has 0 aliphatic heterocycles. The van der Waals surface area contributed by atoms with E-state index in [0.29, 0.717) is 5.75 Å². The summed E-state index contributed by atoms with van der Waals surface area (Å²) in [4.78, 5) is 35.7. The fourth-order valence-corrected chi connectivity index (χ4v) is 3.34. The van der Waals surface area contributed by atoms with E-state index in [-0.39, 0.29) is 22.6 Å². The number of hydrazine groups is 1. The second-order valence-corrected chi connectivity index (χ2v) is 7.60. The maximum Gasteiger partial charge on any atom is 0.338 e. The van der Waals surface area contributed by atoms with Gasteiger partial charge in [0.15, 0.2) is 6.61 Å². The highest BCUT2D eigenvalue weighted by molar-refractivity contribution is 7.89. The van der Waals surface area contributed by atoms with E-state index in [9.17, 15) is 22.8 Å². The summed E-state index contributed by atoms with van der Waals surface area (Å²) in [5.74, 6) is -1.66. The summed E-state index contributed by atoms with van der Waals surface area (Å²) in [6.07, 6.45) is 0. The number of rotatable bonds is 8. The quantitative estimate of drug-likeness (QED) is 0.408. The Balaban J connectivity index is 1.87. The molecule has 0 aliphatic carbocycles. The number of benzene rings is 2. The molecule has 0 bridgehead atoms. The van der Waals surface area contributed by atoms with Crippen LogP contribution in [-0.2, 0) is 19.6 Å². The number of methoxy groups -OCH3 is 1. The Morgan fingerprint density at radius 1 is 0.967 bits per heavy atom. The Bertz CT molecular complexity index is 1020. The van der Waals surface area contributed by atoms with Crippen molar-refractivity contribution in [2.24, 2.45) is 0 Å². The normalized spacial score (nSPS) is 10.7. The van der Waals surface area contributed by atoms with Gasteiger partial charge in [0, 0.05) is 12.1 Å². The molecule has 30 heavy (non-hydrogen) atoms. The van der Waals surface area contributed by atoms with Crippen molar-refractivity contribution in [1.29, 1.82) is 0 Å². The summed E-state index contributed by atoms with van der Waals surface area (Å²) in [5.41, 5.74) is 4.55. The first-order valence-corrected chi connectivity index (χ1v) is 10.2. The van der Waals surface area contributed by atoms with Gasteiger partial charge in [-0.05, 0) is 42.5 Å². The molecule has 0 unspecified atom stereocenters. The summed E-state index contributed by atoms with van der Waals surface area (Å²) in [5, 5.41) is 0. The van der Waals surface area contributed by atoms with E-state index in [1.54, 1.807) is 19.1 Å². The Labute approximate surface area is 173 Å². The molecular formula is C19H21N3O7S. The lowest BCUT2D eigenvalue weighted by Gasteiger charge is -2.09. The van der Waals surface area contributed by atoms with Crippen molar-refractivity contribution in [3.05, 3.63) is 59.7 Å². The molecular weight excluding hydrogens is 414 g/mol. The second kappa shape index (κ2) is 10.4. The minimum absolute atomic E-state index is 0.0379. The van der Waals surface area contributed by atoms with Gasteiger partial charge in [0.25, 0.3) is 11.8 Å². The van der Waals surface area contributed by atoms with Crippen LogP contribution in [0.15, 0.2) is 53.4 Å². The average molecular weight is 435 g/mol. The lowest BCUT2D eigenvalue weighted by molar-refractivity contribution is -0.125. The number of ether oxygens (including phenoxy) is 2. The number of amides is 2. The maximum atomic E-state index is 12.1. The SMILES string of the molecule is CCNS(=O)(=O)c1cccc(C(=O)OCC(=O)NNC(=O)c2ccc(OC)cc2)c1. The topological polar surface area (TPSA) is 140 Å². The number of carbonyl (C=O) groups is 3. The fraction of sp³-hybridized carbons (Fsp3) is 0.211. The molecule has 3 N–H and O–H groups in total. The molecule has 10 nitrogen and oxygen atoms in total. The molecule has 2 aromatic carbocycles. The van der Waals surface area contributed by atoms with Gasteiger partial charge in [-0.15, -0.1) is 0 Å². The molecule has 0 spiro atoms. The third-order valence-corrected chi connectivity index (χ3v) is 5.26. The van der Waals surface area contributed by atoms with Gasteiger partial charge >= 0.3 is 5.97 Å². The van der Waals surface area contributed by atoms with E-state index in [4.69, 9.17) is 9.47 Å². The fourth-order valence-electron chi connectivity index (χ4n) is 2.26. The van der Waals surface area contributed by atoms with Crippen LogP contribution in [-0.4, -0.2) is 46.5 Å². The third kappa shape index (κ3) is 6.29. The van der Waals surface area contributed by atoms with Gasteiger partial charge in [-0.3, -0.25) is 20.4 Å². The third-order valence-electron chi connectivity index (χ3n) is 3.72. The molecule has 11 heteroatoms. The van der Waals surface area contributed by atoms with Crippen molar-refractivity contribution >= 4 is 27.8 Å². The molecule has 2 rings (SSSR count). The van der Waals surface area contributed by atoms with Gasteiger partial charge in [-0.1, -0.05) is 13.0 Å². The molecule has 0 radical (unpaired) electrons. The minimum Gasteiger partial charge on any atom is -0.497 e. The van der Waals surface area contributed by atoms with Gasteiger partial charge in [-0.25, -0.2) is 17.9 Å². The van der Waals surface area contributed by atoms with Crippen molar-refractivity contribution in [3.8, 4) is 5.75 Å². The zero-order valence-corrected chi connectivity index (χ0v) is 17.1. The highest BCUT2D eigenvalue weighted by Crippen LogP contribution is 2.13. The number of sulfonamides is 1. The van der Waals surface area contributed by atoms with Gasteiger partial charge in [0.05, 0.1) is 17.6 Å². The van der Waals surface area contributed by atoms with E-state index in [2.05, 4.69) is 15.6 Å². The summed E-state index contributed by atoms with van der Waals surface area (Å²) >= 11 is 0. The van der Waals surface area contributed by atoms with Crippen LogP contribution in [0.5, 0.6) is 5.75 Å². The largest absolute Gasteiger partial charge is 0.497 e. The van der Waals surface area contributed by atoms with Gasteiger partial charge < -0.3 is 9.47 Å². The lowest BCUT2D eigenvalue weighted by atomic mass is 10.2. The molecule has 0 aliphatic rings. The summed E-state index contributed by atoms with van der Waals surface area (Å²) < 4.78 is 36.2. The Morgan fingerprint density at radius 2 is 1.67 bits per heavy atom. The molecule has 0 aromatic heterocycles. The van der Waals surface area contributed by atoms with Crippen LogP contribution >= 0.6 is 0 Å². The van der Waals surface area contributed by atoms with Gasteiger partial charge in [0.2, 0.25) is 10.0 Å². The smallest absolute Gasteiger partial charge is 0.338 e. The number of hydrogen-bond donors (Lipinski definition) is 3. The van der Waals surface area contributed by atoms with Crippen molar-refractivity contribution in [2.45, 2.75) is 11.8 Å². The number of hydrogen-bond acceptors (Lipinski definition) is 7. The Kier molecular flexibility index (Phi) is 7.90.